The van der Waals surface area contributed by atoms with Crippen molar-refractivity contribution in [3.8, 4) is 11.3 Å². The van der Waals surface area contributed by atoms with Gasteiger partial charge in [0.15, 0.2) is 0 Å². The summed E-state index contributed by atoms with van der Waals surface area (Å²) in [7, 11) is -3.13. The van der Waals surface area contributed by atoms with Crippen LogP contribution in [0.4, 0.5) is 20.4 Å². The van der Waals surface area contributed by atoms with Crippen LogP contribution in [0.25, 0.3) is 16.8 Å². The molecule has 2 aliphatic carbocycles. The molecule has 2 saturated carbocycles. The van der Waals surface area contributed by atoms with Crippen molar-refractivity contribution < 1.29 is 27.0 Å². The van der Waals surface area contributed by atoms with Crippen molar-refractivity contribution in [2.75, 3.05) is 23.9 Å². The number of nitrogens with zero attached hydrogens (tertiary/aromatic N) is 4. The van der Waals surface area contributed by atoms with E-state index in [1.807, 2.05) is 6.07 Å². The summed E-state index contributed by atoms with van der Waals surface area (Å²) in [5, 5.41) is 18.7. The molecule has 0 amide bonds. The lowest BCUT2D eigenvalue weighted by atomic mass is 9.74. The zero-order chi connectivity index (χ0) is 31.9. The van der Waals surface area contributed by atoms with Crippen LogP contribution in [0.5, 0.6) is 0 Å². The second-order valence-electron chi connectivity index (χ2n) is 12.6. The predicted octanol–water partition coefficient (Wildman–Crippen LogP) is 4.85. The molecule has 2 fully saturated rings. The minimum Gasteiger partial charge on any atom is -0.385 e. The van der Waals surface area contributed by atoms with Crippen LogP contribution in [-0.4, -0.2) is 63.9 Å². The number of ether oxygens (including phenoxy) is 1. The molecule has 0 spiro atoms. The smallest absolute Gasteiger partial charge is 0.229 e. The maximum atomic E-state index is 15.4. The number of anilines is 2. The highest BCUT2D eigenvalue weighted by molar-refractivity contribution is 7.90. The number of aromatic nitrogens is 4. The number of sulfone groups is 1. The normalized spacial score (nSPS) is 23.4. The Morgan fingerprint density at radius 2 is 1.87 bits per heavy atom. The topological polar surface area (TPSA) is 145 Å². The lowest BCUT2D eigenvalue weighted by Crippen LogP contribution is -2.47. The van der Waals surface area contributed by atoms with Crippen molar-refractivity contribution in [3.05, 3.63) is 71.7 Å². The molecule has 3 heterocycles. The molecular formula is C32H38F2N6O4S. The second kappa shape index (κ2) is 12.3. The molecule has 10 nitrogen and oxygen atoms in total. The lowest BCUT2D eigenvalue weighted by Gasteiger charge is -2.39. The average Bonchev–Trinajstić information content (AvgIpc) is 3.60. The van der Waals surface area contributed by atoms with Gasteiger partial charge in [0.05, 0.1) is 58.9 Å². The van der Waals surface area contributed by atoms with Gasteiger partial charge in [-0.2, -0.15) is 9.61 Å². The fraction of sp³-hybridized carbons (Fsp3) is 0.469. The zero-order valence-electron chi connectivity index (χ0n) is 25.3. The minimum atomic E-state index is -3.13. The predicted molar refractivity (Wildman–Crippen MR) is 167 cm³/mol. The summed E-state index contributed by atoms with van der Waals surface area (Å²) in [4.78, 5) is 8.77. The van der Waals surface area contributed by atoms with Gasteiger partial charge in [-0.25, -0.2) is 22.2 Å². The third-order valence-corrected chi connectivity index (χ3v) is 10.1. The van der Waals surface area contributed by atoms with Crippen molar-refractivity contribution in [3.63, 3.8) is 0 Å². The molecule has 0 radical (unpaired) electrons. The number of rotatable bonds is 9. The number of halogens is 2. The summed E-state index contributed by atoms with van der Waals surface area (Å²) in [5.41, 5.74) is 7.68. The summed E-state index contributed by atoms with van der Waals surface area (Å²) in [5.74, 6) is -1.13. The SMILES string of the molecule is C[C@H]1C[C@@H](c2ccncc2Nc2ncc3ccc(-c4c(F)cc(C5(O)CCCC5)cc4F)nn23)C[C@@H](N)[C@H]1OCCS(C)(=O)=O. The molecule has 0 aliphatic heterocycles. The number of aliphatic hydroxyl groups is 1. The van der Waals surface area contributed by atoms with E-state index in [0.717, 1.165) is 24.8 Å². The Bertz CT molecular complexity index is 1780. The summed E-state index contributed by atoms with van der Waals surface area (Å²) >= 11 is 0. The highest BCUT2D eigenvalue weighted by Gasteiger charge is 2.37. The molecule has 0 saturated heterocycles. The Labute approximate surface area is 261 Å². The number of fused-ring (bicyclic) bond motifs is 1. The number of hydrogen-bond donors (Lipinski definition) is 3. The van der Waals surface area contributed by atoms with Crippen LogP contribution >= 0.6 is 0 Å². The monoisotopic (exact) mass is 640 g/mol. The van der Waals surface area contributed by atoms with Gasteiger partial charge in [0.2, 0.25) is 5.95 Å². The first-order chi connectivity index (χ1) is 21.4. The van der Waals surface area contributed by atoms with Gasteiger partial charge >= 0.3 is 0 Å². The number of imidazole rings is 1. The molecule has 13 heteroatoms. The Hall–Kier alpha value is -3.52. The second-order valence-corrected chi connectivity index (χ2v) is 14.8. The first-order valence-corrected chi connectivity index (χ1v) is 17.3. The molecule has 4 atom stereocenters. The molecule has 4 N–H and O–H groups in total. The maximum Gasteiger partial charge on any atom is 0.229 e. The van der Waals surface area contributed by atoms with Gasteiger partial charge in [0.25, 0.3) is 0 Å². The first kappa shape index (κ1) is 31.5. The summed E-state index contributed by atoms with van der Waals surface area (Å²) in [6.45, 7) is 2.16. The molecule has 0 bridgehead atoms. The standard InChI is InChI=1S/C32H38F2N6O4S/c1-19-13-20(14-26(35)30(19)44-11-12-45(2,42)43)23-7-10-36-18-28(23)38-31-37-17-22-5-6-27(39-40(22)31)29-24(33)15-21(16-25(29)34)32(41)8-3-4-9-32/h5-7,10,15-20,26,30,41H,3-4,8-9,11-14,35H2,1-2H3,(H,37,38)/t19-,20+,26+,30-/m0/s1. The van der Waals surface area contributed by atoms with Gasteiger partial charge in [-0.1, -0.05) is 19.8 Å². The van der Waals surface area contributed by atoms with Crippen molar-refractivity contribution in [1.82, 2.24) is 19.6 Å². The lowest BCUT2D eigenvalue weighted by molar-refractivity contribution is -0.0152. The summed E-state index contributed by atoms with van der Waals surface area (Å²) in [6.07, 6.45) is 9.90. The Kier molecular flexibility index (Phi) is 8.63. The van der Waals surface area contributed by atoms with E-state index in [4.69, 9.17) is 10.5 Å². The third kappa shape index (κ3) is 6.57. The van der Waals surface area contributed by atoms with E-state index in [1.165, 1.54) is 22.9 Å². The average molecular weight is 641 g/mol. The molecule has 2 aliphatic rings. The van der Waals surface area contributed by atoms with Gasteiger partial charge in [-0.05, 0) is 79.0 Å². The van der Waals surface area contributed by atoms with E-state index in [9.17, 15) is 13.5 Å². The molecule has 0 unspecified atom stereocenters. The first-order valence-electron chi connectivity index (χ1n) is 15.2. The Morgan fingerprint density at radius 3 is 2.56 bits per heavy atom. The van der Waals surface area contributed by atoms with Crippen LogP contribution < -0.4 is 11.1 Å². The quantitative estimate of drug-likeness (QED) is 0.234. The number of pyridine rings is 1. The third-order valence-electron chi connectivity index (χ3n) is 9.15. The van der Waals surface area contributed by atoms with E-state index in [1.54, 1.807) is 30.7 Å². The number of hydrogen-bond acceptors (Lipinski definition) is 9. The van der Waals surface area contributed by atoms with E-state index < -0.39 is 27.1 Å². The van der Waals surface area contributed by atoms with E-state index in [0.29, 0.717) is 36.4 Å². The van der Waals surface area contributed by atoms with Gasteiger partial charge in [-0.3, -0.25) is 4.98 Å². The number of nitrogens with two attached hydrogens (primary N) is 1. The molecule has 3 aromatic heterocycles. The molecule has 1 aromatic carbocycles. The fourth-order valence-electron chi connectivity index (χ4n) is 6.86. The highest BCUT2D eigenvalue weighted by atomic mass is 32.2. The van der Waals surface area contributed by atoms with E-state index >= 15 is 8.78 Å². The van der Waals surface area contributed by atoms with Gasteiger partial charge in [0.1, 0.15) is 21.5 Å². The Balaban J connectivity index is 1.24. The van der Waals surface area contributed by atoms with Gasteiger partial charge in [0, 0.05) is 18.5 Å². The molecule has 240 valence electrons. The van der Waals surface area contributed by atoms with Crippen molar-refractivity contribution in [1.29, 1.82) is 0 Å². The maximum absolute atomic E-state index is 15.4. The van der Waals surface area contributed by atoms with Crippen LogP contribution in [0.2, 0.25) is 0 Å². The number of nitrogens with one attached hydrogen (secondary N) is 1. The van der Waals surface area contributed by atoms with Crippen molar-refractivity contribution in [2.24, 2.45) is 11.7 Å². The van der Waals surface area contributed by atoms with Crippen LogP contribution in [0.1, 0.15) is 62.5 Å². The molecular weight excluding hydrogens is 602 g/mol. The molecule has 45 heavy (non-hydrogen) atoms. The van der Waals surface area contributed by atoms with Crippen LogP contribution in [0.3, 0.4) is 0 Å². The zero-order valence-corrected chi connectivity index (χ0v) is 26.1. The fourth-order valence-corrected chi connectivity index (χ4v) is 7.26. The van der Waals surface area contributed by atoms with Crippen LogP contribution in [0, 0.1) is 17.6 Å². The van der Waals surface area contributed by atoms with Crippen LogP contribution in [0.15, 0.2) is 48.9 Å². The van der Waals surface area contributed by atoms with Crippen LogP contribution in [-0.2, 0) is 20.2 Å². The van der Waals surface area contributed by atoms with E-state index in [-0.39, 0.29) is 53.2 Å². The number of benzene rings is 1. The summed E-state index contributed by atoms with van der Waals surface area (Å²) < 4.78 is 61.2. The van der Waals surface area contributed by atoms with Gasteiger partial charge < -0.3 is 20.9 Å². The largest absolute Gasteiger partial charge is 0.385 e. The highest BCUT2D eigenvalue weighted by Crippen LogP contribution is 2.42. The van der Waals surface area contributed by atoms with E-state index in [2.05, 4.69) is 27.3 Å². The Morgan fingerprint density at radius 1 is 1.13 bits per heavy atom. The molecule has 6 rings (SSSR count). The summed E-state index contributed by atoms with van der Waals surface area (Å²) in [6, 6.07) is 7.29. The van der Waals surface area contributed by atoms with Gasteiger partial charge in [-0.15, -0.1) is 0 Å². The molecule has 4 aromatic rings. The van der Waals surface area contributed by atoms with Crippen molar-refractivity contribution in [2.45, 2.75) is 69.1 Å². The van der Waals surface area contributed by atoms with Crippen molar-refractivity contribution >= 4 is 27.0 Å². The minimum absolute atomic E-state index is 0.0488.